The van der Waals surface area contributed by atoms with Crippen LogP contribution in [0, 0.1) is 17.1 Å². The van der Waals surface area contributed by atoms with Crippen LogP contribution in [0.25, 0.3) is 10.9 Å². The lowest BCUT2D eigenvalue weighted by Gasteiger charge is -2.30. The average Bonchev–Trinajstić information content (AvgIpc) is 2.88. The van der Waals surface area contributed by atoms with Crippen molar-refractivity contribution in [1.29, 1.82) is 5.26 Å². The van der Waals surface area contributed by atoms with Crippen molar-refractivity contribution in [3.8, 4) is 11.8 Å². The minimum absolute atomic E-state index is 0.0550. The molecule has 0 atom stereocenters. The summed E-state index contributed by atoms with van der Waals surface area (Å²) < 4.78 is 19.4. The van der Waals surface area contributed by atoms with Crippen LogP contribution >= 0.6 is 23.2 Å². The van der Waals surface area contributed by atoms with Gasteiger partial charge in [0.05, 0.1) is 34.0 Å². The smallest absolute Gasteiger partial charge is 0.227 e. The highest BCUT2D eigenvalue weighted by atomic mass is 35.5. The molecule has 36 heavy (non-hydrogen) atoms. The Balaban J connectivity index is 1.64. The quantitative estimate of drug-likeness (QED) is 0.336. The predicted molar refractivity (Wildman–Crippen MR) is 138 cm³/mol. The summed E-state index contributed by atoms with van der Waals surface area (Å²) in [5.74, 6) is 0.380. The van der Waals surface area contributed by atoms with E-state index in [0.29, 0.717) is 78.4 Å². The van der Waals surface area contributed by atoms with Gasteiger partial charge in [0.2, 0.25) is 5.91 Å². The first-order valence-corrected chi connectivity index (χ1v) is 12.4. The summed E-state index contributed by atoms with van der Waals surface area (Å²) in [6, 6.07) is 9.78. The number of halogens is 3. The predicted octanol–water partition coefficient (Wildman–Crippen LogP) is 6.13. The molecule has 1 amide bonds. The Bertz CT molecular complexity index is 1360. The molecule has 186 valence electrons. The number of hydrogen-bond donors (Lipinski definition) is 1. The molecule has 0 bridgehead atoms. The molecule has 10 heteroatoms. The number of alkyl halides is 1. The number of benzene rings is 2. The van der Waals surface area contributed by atoms with E-state index in [-0.39, 0.29) is 28.7 Å². The van der Waals surface area contributed by atoms with E-state index < -0.39 is 5.82 Å². The number of ether oxygens (including phenoxy) is 1. The van der Waals surface area contributed by atoms with Crippen LogP contribution in [0.4, 0.5) is 21.5 Å². The van der Waals surface area contributed by atoms with Gasteiger partial charge in [-0.3, -0.25) is 14.6 Å². The van der Waals surface area contributed by atoms with Crippen LogP contribution in [0.5, 0.6) is 5.75 Å². The maximum Gasteiger partial charge on any atom is 0.227 e. The summed E-state index contributed by atoms with van der Waals surface area (Å²) >= 11 is 11.6. The third-order valence-corrected chi connectivity index (χ3v) is 6.41. The standard InChI is InChI=1S/C26H23Cl2FN4O3/c27-8-2-4-18(34)3-1-5-25(35)33-9-10-36-24-13-22-19(12-23(24)33)26(16(14-30)15-31-22)32-17-6-7-21(29)20(28)11-17/h6-7,11-13,15H,1-5,8-10H2,(H,31,32). The Hall–Kier alpha value is -3.41. The van der Waals surface area contributed by atoms with Crippen LogP contribution < -0.4 is 15.0 Å². The zero-order valence-electron chi connectivity index (χ0n) is 19.3. The molecule has 4 rings (SSSR count). The van der Waals surface area contributed by atoms with Crippen molar-refractivity contribution in [1.82, 2.24) is 4.98 Å². The second-order valence-corrected chi connectivity index (χ2v) is 9.11. The fourth-order valence-electron chi connectivity index (χ4n) is 4.06. The van der Waals surface area contributed by atoms with E-state index in [1.54, 1.807) is 17.0 Å². The van der Waals surface area contributed by atoms with E-state index >= 15 is 0 Å². The molecular formula is C26H23Cl2FN4O3. The molecule has 1 aromatic heterocycles. The van der Waals surface area contributed by atoms with Crippen molar-refractivity contribution in [2.24, 2.45) is 0 Å². The van der Waals surface area contributed by atoms with Crippen LogP contribution in [-0.2, 0) is 9.59 Å². The van der Waals surface area contributed by atoms with E-state index in [0.717, 1.165) is 0 Å². The number of anilines is 3. The van der Waals surface area contributed by atoms with Crippen molar-refractivity contribution < 1.29 is 18.7 Å². The van der Waals surface area contributed by atoms with Gasteiger partial charge in [-0.15, -0.1) is 11.6 Å². The highest BCUT2D eigenvalue weighted by molar-refractivity contribution is 6.31. The Morgan fingerprint density at radius 1 is 1.19 bits per heavy atom. The normalized spacial score (nSPS) is 12.6. The van der Waals surface area contributed by atoms with Gasteiger partial charge in [0, 0.05) is 48.5 Å². The average molecular weight is 529 g/mol. The van der Waals surface area contributed by atoms with Crippen molar-refractivity contribution >= 4 is 62.9 Å². The summed E-state index contributed by atoms with van der Waals surface area (Å²) in [4.78, 5) is 31.0. The summed E-state index contributed by atoms with van der Waals surface area (Å²) in [6.07, 6.45) is 3.51. The van der Waals surface area contributed by atoms with Crippen molar-refractivity contribution in [3.05, 3.63) is 52.9 Å². The Kier molecular flexibility index (Phi) is 8.24. The van der Waals surface area contributed by atoms with Crippen LogP contribution in [0.1, 0.15) is 37.7 Å². The second kappa shape index (κ2) is 11.5. The van der Waals surface area contributed by atoms with Crippen LogP contribution in [0.15, 0.2) is 36.5 Å². The molecular weight excluding hydrogens is 506 g/mol. The third-order valence-electron chi connectivity index (χ3n) is 5.86. The number of Topliss-reactive ketones (excluding diaryl/α,β-unsaturated/α-hetero) is 1. The van der Waals surface area contributed by atoms with Crippen molar-refractivity contribution in [2.75, 3.05) is 29.2 Å². The molecule has 0 fully saturated rings. The fourth-order valence-corrected chi connectivity index (χ4v) is 4.37. The van der Waals surface area contributed by atoms with Gasteiger partial charge in [-0.2, -0.15) is 5.26 Å². The molecule has 3 aromatic rings. The van der Waals surface area contributed by atoms with Gasteiger partial charge in [-0.25, -0.2) is 4.39 Å². The zero-order chi connectivity index (χ0) is 25.7. The lowest BCUT2D eigenvalue weighted by molar-refractivity contribution is -0.120. The number of amides is 1. The number of ketones is 1. The SMILES string of the molecule is N#Cc1cnc2cc3c(cc2c1Nc1ccc(F)c(Cl)c1)N(C(=O)CCCC(=O)CCCCl)CCO3. The number of nitrogens with one attached hydrogen (secondary N) is 1. The number of carbonyl (C=O) groups excluding carboxylic acids is 2. The first-order chi connectivity index (χ1) is 17.4. The highest BCUT2D eigenvalue weighted by Gasteiger charge is 2.25. The summed E-state index contributed by atoms with van der Waals surface area (Å²) in [7, 11) is 0. The number of rotatable bonds is 9. The topological polar surface area (TPSA) is 95.3 Å². The number of carbonyl (C=O) groups is 2. The summed E-state index contributed by atoms with van der Waals surface area (Å²) in [5.41, 5.74) is 2.34. The fraction of sp³-hybridized carbons (Fsp3) is 0.308. The largest absolute Gasteiger partial charge is 0.489 e. The van der Waals surface area contributed by atoms with Crippen LogP contribution in [0.2, 0.25) is 5.02 Å². The van der Waals surface area contributed by atoms with Gasteiger partial charge in [-0.1, -0.05) is 11.6 Å². The van der Waals surface area contributed by atoms with Crippen LogP contribution in [-0.4, -0.2) is 35.7 Å². The van der Waals surface area contributed by atoms with E-state index in [1.807, 2.05) is 0 Å². The maximum absolute atomic E-state index is 13.6. The number of nitrogens with zero attached hydrogens (tertiary/aromatic N) is 3. The Morgan fingerprint density at radius 2 is 2.00 bits per heavy atom. The summed E-state index contributed by atoms with van der Waals surface area (Å²) in [6.45, 7) is 0.688. The highest BCUT2D eigenvalue weighted by Crippen LogP contribution is 2.39. The number of nitriles is 1. The number of fused-ring (bicyclic) bond motifs is 2. The Morgan fingerprint density at radius 3 is 2.75 bits per heavy atom. The molecule has 1 aliphatic heterocycles. The molecule has 0 spiro atoms. The third kappa shape index (κ3) is 5.69. The molecule has 2 aromatic carbocycles. The summed E-state index contributed by atoms with van der Waals surface area (Å²) in [5, 5.41) is 13.4. The molecule has 0 aliphatic carbocycles. The van der Waals surface area contributed by atoms with Gasteiger partial charge in [0.15, 0.2) is 0 Å². The molecule has 0 unspecified atom stereocenters. The lowest BCUT2D eigenvalue weighted by Crippen LogP contribution is -2.37. The van der Waals surface area contributed by atoms with Gasteiger partial charge in [0.1, 0.15) is 30.0 Å². The molecule has 1 aliphatic rings. The second-order valence-electron chi connectivity index (χ2n) is 8.33. The molecule has 2 heterocycles. The number of hydrogen-bond acceptors (Lipinski definition) is 6. The van der Waals surface area contributed by atoms with E-state index in [2.05, 4.69) is 16.4 Å². The van der Waals surface area contributed by atoms with Gasteiger partial charge < -0.3 is 15.0 Å². The first kappa shape index (κ1) is 25.7. The Labute approximate surface area is 217 Å². The zero-order valence-corrected chi connectivity index (χ0v) is 20.8. The first-order valence-electron chi connectivity index (χ1n) is 11.5. The van der Waals surface area contributed by atoms with E-state index in [1.165, 1.54) is 24.4 Å². The van der Waals surface area contributed by atoms with Crippen molar-refractivity contribution in [3.63, 3.8) is 0 Å². The van der Waals surface area contributed by atoms with E-state index in [4.69, 9.17) is 27.9 Å². The van der Waals surface area contributed by atoms with Crippen molar-refractivity contribution in [2.45, 2.75) is 32.1 Å². The molecule has 7 nitrogen and oxygen atoms in total. The van der Waals surface area contributed by atoms with Gasteiger partial charge >= 0.3 is 0 Å². The minimum Gasteiger partial charge on any atom is -0.489 e. The van der Waals surface area contributed by atoms with E-state index in [9.17, 15) is 19.2 Å². The van der Waals surface area contributed by atoms with Crippen LogP contribution in [0.3, 0.4) is 0 Å². The molecule has 0 saturated carbocycles. The monoisotopic (exact) mass is 528 g/mol. The molecule has 0 saturated heterocycles. The molecule has 1 N–H and O–H groups in total. The number of aromatic nitrogens is 1. The maximum atomic E-state index is 13.6. The van der Waals surface area contributed by atoms with Gasteiger partial charge in [-0.05, 0) is 37.1 Å². The molecule has 0 radical (unpaired) electrons. The lowest BCUT2D eigenvalue weighted by atomic mass is 10.1. The van der Waals surface area contributed by atoms with Gasteiger partial charge in [0.25, 0.3) is 0 Å². The number of pyridine rings is 1. The minimum atomic E-state index is -0.552.